The van der Waals surface area contributed by atoms with E-state index in [1.54, 1.807) is 24.4 Å². The van der Waals surface area contributed by atoms with E-state index in [0.717, 1.165) is 12.1 Å². The van der Waals surface area contributed by atoms with Crippen LogP contribution in [0.4, 0.5) is 4.39 Å². The molecule has 1 atom stereocenters. The van der Waals surface area contributed by atoms with Gasteiger partial charge in [0.2, 0.25) is 0 Å². The van der Waals surface area contributed by atoms with Crippen molar-refractivity contribution in [2.24, 2.45) is 0 Å². The van der Waals surface area contributed by atoms with Crippen molar-refractivity contribution in [2.75, 3.05) is 19.6 Å². The summed E-state index contributed by atoms with van der Waals surface area (Å²) in [6, 6.07) is 6.09. The van der Waals surface area contributed by atoms with Gasteiger partial charge in [-0.05, 0) is 54.8 Å². The number of carbonyl (C=O) groups excluding carboxylic acids is 1. The van der Waals surface area contributed by atoms with Gasteiger partial charge in [0.25, 0.3) is 5.91 Å². The second-order valence-electron chi connectivity index (χ2n) is 6.70. The number of piperazine rings is 1. The van der Waals surface area contributed by atoms with Gasteiger partial charge in [0.05, 0.1) is 11.9 Å². The normalized spacial score (nSPS) is 17.8. The molecule has 1 aliphatic heterocycles. The van der Waals surface area contributed by atoms with Gasteiger partial charge in [0, 0.05) is 25.7 Å². The van der Waals surface area contributed by atoms with Crippen LogP contribution in [0.1, 0.15) is 42.1 Å². The number of nitrogens with zero attached hydrogens (tertiary/aromatic N) is 2. The van der Waals surface area contributed by atoms with Gasteiger partial charge < -0.3 is 20.6 Å². The van der Waals surface area contributed by atoms with Crippen molar-refractivity contribution < 1.29 is 9.18 Å². The van der Waals surface area contributed by atoms with E-state index >= 15 is 0 Å². The lowest BCUT2D eigenvalue weighted by molar-refractivity contribution is 0.0703. The zero-order valence-electron chi connectivity index (χ0n) is 15.6. The first kappa shape index (κ1) is 19.0. The van der Waals surface area contributed by atoms with Crippen LogP contribution in [0.2, 0.25) is 0 Å². The fourth-order valence-electron chi connectivity index (χ4n) is 3.11. The molecule has 0 bridgehead atoms. The lowest BCUT2D eigenvalue weighted by atomic mass is 10.1. The number of aromatic amines is 1. The van der Waals surface area contributed by atoms with Gasteiger partial charge in [0.1, 0.15) is 17.3 Å². The highest BCUT2D eigenvalue weighted by Gasteiger charge is 2.23. The van der Waals surface area contributed by atoms with E-state index in [2.05, 4.69) is 22.2 Å². The summed E-state index contributed by atoms with van der Waals surface area (Å²) in [5.74, 6) is 0.185. The first-order valence-electron chi connectivity index (χ1n) is 9.11. The quantitative estimate of drug-likeness (QED) is 0.709. The Morgan fingerprint density at radius 2 is 2.15 bits per heavy atom. The predicted molar refractivity (Wildman–Crippen MR) is 103 cm³/mol. The van der Waals surface area contributed by atoms with Gasteiger partial charge in [-0.25, -0.2) is 9.37 Å². The fraction of sp³-hybridized carbons (Fsp3) is 0.350. The first-order chi connectivity index (χ1) is 13.0. The van der Waals surface area contributed by atoms with Crippen LogP contribution in [0.15, 0.2) is 36.5 Å². The molecule has 1 fully saturated rings. The van der Waals surface area contributed by atoms with Crippen LogP contribution < -0.4 is 5.32 Å². The minimum Gasteiger partial charge on any atom is -0.335 e. The van der Waals surface area contributed by atoms with Crippen LogP contribution >= 0.6 is 0 Å². The summed E-state index contributed by atoms with van der Waals surface area (Å²) in [5.41, 5.74) is 2.16. The summed E-state index contributed by atoms with van der Waals surface area (Å²) >= 11 is 0. The molecule has 3 N–H and O–H groups in total. The molecule has 3 rings (SSSR count). The maximum atomic E-state index is 13.1. The third-order valence-corrected chi connectivity index (χ3v) is 4.62. The Morgan fingerprint density at radius 1 is 1.41 bits per heavy atom. The molecule has 1 aromatic heterocycles. The molecule has 0 spiro atoms. The summed E-state index contributed by atoms with van der Waals surface area (Å²) in [5, 5.41) is 11.6. The molecule has 0 saturated carbocycles. The number of halogens is 1. The van der Waals surface area contributed by atoms with Crippen molar-refractivity contribution in [2.45, 2.75) is 26.3 Å². The SMILES string of the molecule is CC/C(=C/C(=N)c1ccc(F)cc1)c1ncc(C(=O)N2CCN[C@@H](C)C2)[nH]1. The summed E-state index contributed by atoms with van der Waals surface area (Å²) in [6.45, 7) is 6.13. The van der Waals surface area contributed by atoms with Gasteiger partial charge in [-0.2, -0.15) is 0 Å². The van der Waals surface area contributed by atoms with Gasteiger partial charge in [-0.15, -0.1) is 0 Å². The van der Waals surface area contributed by atoms with E-state index in [4.69, 9.17) is 5.41 Å². The fourth-order valence-corrected chi connectivity index (χ4v) is 3.11. The zero-order valence-corrected chi connectivity index (χ0v) is 15.6. The molecule has 6 nitrogen and oxygen atoms in total. The molecule has 0 aliphatic carbocycles. The number of aromatic nitrogens is 2. The Morgan fingerprint density at radius 3 is 2.81 bits per heavy atom. The number of amides is 1. The number of H-pyrrole nitrogens is 1. The van der Waals surface area contributed by atoms with E-state index in [0.29, 0.717) is 36.6 Å². The average molecular weight is 369 g/mol. The Bertz CT molecular complexity index is 856. The standard InChI is InChI=1S/C20H24FN5O/c1-3-14(10-17(22)15-4-6-16(21)7-5-15)19-24-11-18(25-19)20(27)26-9-8-23-13(2)12-26/h4-7,10-11,13,22-23H,3,8-9,12H2,1-2H3,(H,24,25)/b14-10-,22-17?/t13-/m0/s1. The van der Waals surface area contributed by atoms with Crippen LogP contribution in [0.25, 0.3) is 5.57 Å². The smallest absolute Gasteiger partial charge is 0.272 e. The molecule has 1 aromatic carbocycles. The van der Waals surface area contributed by atoms with Gasteiger partial charge >= 0.3 is 0 Å². The van der Waals surface area contributed by atoms with Crippen LogP contribution in [0.3, 0.4) is 0 Å². The highest BCUT2D eigenvalue weighted by molar-refractivity contribution is 6.10. The number of hydrogen-bond acceptors (Lipinski definition) is 4. The van der Waals surface area contributed by atoms with E-state index in [9.17, 15) is 9.18 Å². The van der Waals surface area contributed by atoms with Gasteiger partial charge in [-0.3, -0.25) is 4.79 Å². The number of nitrogens with one attached hydrogen (secondary N) is 3. The number of hydrogen-bond donors (Lipinski definition) is 3. The Kier molecular flexibility index (Phi) is 5.81. The average Bonchev–Trinajstić information content (AvgIpc) is 3.15. The Labute approximate surface area is 158 Å². The minimum absolute atomic E-state index is 0.0637. The van der Waals surface area contributed by atoms with Gasteiger partial charge in [-0.1, -0.05) is 6.92 Å². The highest BCUT2D eigenvalue weighted by Crippen LogP contribution is 2.17. The van der Waals surface area contributed by atoms with Crippen molar-refractivity contribution in [1.82, 2.24) is 20.2 Å². The van der Waals surface area contributed by atoms with Crippen LogP contribution in [0, 0.1) is 11.2 Å². The second-order valence-corrected chi connectivity index (χ2v) is 6.70. The number of rotatable bonds is 5. The third-order valence-electron chi connectivity index (χ3n) is 4.62. The maximum Gasteiger partial charge on any atom is 0.272 e. The second kappa shape index (κ2) is 8.26. The number of allylic oxidation sites excluding steroid dienone is 2. The van der Waals surface area contributed by atoms with Crippen molar-refractivity contribution in [3.8, 4) is 0 Å². The zero-order chi connectivity index (χ0) is 19.4. The minimum atomic E-state index is -0.331. The molecule has 142 valence electrons. The monoisotopic (exact) mass is 369 g/mol. The molecular weight excluding hydrogens is 345 g/mol. The highest BCUT2D eigenvalue weighted by atomic mass is 19.1. The van der Waals surface area contributed by atoms with Crippen LogP contribution in [-0.4, -0.2) is 52.2 Å². The van der Waals surface area contributed by atoms with Crippen molar-refractivity contribution in [3.63, 3.8) is 0 Å². The molecule has 2 heterocycles. The number of carbonyl (C=O) groups is 1. The largest absolute Gasteiger partial charge is 0.335 e. The van der Waals surface area contributed by atoms with E-state index in [1.807, 2.05) is 11.8 Å². The lowest BCUT2D eigenvalue weighted by Crippen LogP contribution is -2.51. The van der Waals surface area contributed by atoms with Crippen LogP contribution in [0.5, 0.6) is 0 Å². The van der Waals surface area contributed by atoms with E-state index < -0.39 is 0 Å². The third kappa shape index (κ3) is 4.49. The molecule has 1 aliphatic rings. The molecule has 7 heteroatoms. The van der Waals surface area contributed by atoms with E-state index in [-0.39, 0.29) is 23.5 Å². The molecule has 27 heavy (non-hydrogen) atoms. The van der Waals surface area contributed by atoms with Crippen LogP contribution in [-0.2, 0) is 0 Å². The predicted octanol–water partition coefficient (Wildman–Crippen LogP) is 2.84. The summed E-state index contributed by atoms with van der Waals surface area (Å²) in [6.07, 6.45) is 3.90. The van der Waals surface area contributed by atoms with Crippen molar-refractivity contribution >= 4 is 17.2 Å². The van der Waals surface area contributed by atoms with E-state index in [1.165, 1.54) is 12.1 Å². The summed E-state index contributed by atoms with van der Waals surface area (Å²) in [4.78, 5) is 21.9. The number of imidazole rings is 1. The molecular formula is C20H24FN5O. The first-order valence-corrected chi connectivity index (χ1v) is 9.11. The summed E-state index contributed by atoms with van der Waals surface area (Å²) < 4.78 is 13.1. The lowest BCUT2D eigenvalue weighted by Gasteiger charge is -2.31. The Balaban J connectivity index is 1.77. The molecule has 0 unspecified atom stereocenters. The topological polar surface area (TPSA) is 84.9 Å². The Hall–Kier alpha value is -2.80. The number of benzene rings is 1. The molecule has 0 radical (unpaired) electrons. The van der Waals surface area contributed by atoms with Crippen molar-refractivity contribution in [3.05, 3.63) is 59.4 Å². The van der Waals surface area contributed by atoms with Gasteiger partial charge in [0.15, 0.2) is 0 Å². The summed E-state index contributed by atoms with van der Waals surface area (Å²) in [7, 11) is 0. The van der Waals surface area contributed by atoms with Crippen molar-refractivity contribution in [1.29, 1.82) is 5.41 Å². The molecule has 1 amide bonds. The maximum absolute atomic E-state index is 13.1. The molecule has 1 saturated heterocycles. The molecule has 2 aromatic rings.